The third kappa shape index (κ3) is 4.53. The van der Waals surface area contributed by atoms with Gasteiger partial charge in [-0.05, 0) is 54.7 Å². The number of benzene rings is 3. The first-order chi connectivity index (χ1) is 15.1. The molecule has 0 saturated heterocycles. The van der Waals surface area contributed by atoms with Gasteiger partial charge in [-0.15, -0.1) is 0 Å². The van der Waals surface area contributed by atoms with Crippen LogP contribution in [0.3, 0.4) is 0 Å². The Bertz CT molecular complexity index is 1160. The number of nitrogens with one attached hydrogen (secondary N) is 1. The second-order valence-corrected chi connectivity index (χ2v) is 8.16. The van der Waals surface area contributed by atoms with Crippen LogP contribution >= 0.6 is 0 Å². The molecule has 0 aliphatic heterocycles. The number of para-hydroxylation sites is 2. The molecular formula is C27H29N3O. The molecule has 1 N–H and O–H groups in total. The number of hydrogen-bond donors (Lipinski definition) is 1. The molecule has 0 spiro atoms. The Morgan fingerprint density at radius 2 is 1.61 bits per heavy atom. The van der Waals surface area contributed by atoms with Crippen LogP contribution in [-0.4, -0.2) is 15.5 Å². The van der Waals surface area contributed by atoms with Crippen LogP contribution in [-0.2, 0) is 6.54 Å². The van der Waals surface area contributed by atoms with Crippen molar-refractivity contribution in [2.45, 2.75) is 45.7 Å². The Balaban J connectivity index is 1.63. The van der Waals surface area contributed by atoms with Crippen molar-refractivity contribution in [3.8, 4) is 0 Å². The Kier molecular flexibility index (Phi) is 6.17. The van der Waals surface area contributed by atoms with E-state index < -0.39 is 0 Å². The van der Waals surface area contributed by atoms with Gasteiger partial charge >= 0.3 is 0 Å². The van der Waals surface area contributed by atoms with E-state index in [9.17, 15) is 4.79 Å². The molecule has 4 nitrogen and oxygen atoms in total. The van der Waals surface area contributed by atoms with E-state index in [2.05, 4.69) is 54.1 Å². The summed E-state index contributed by atoms with van der Waals surface area (Å²) in [5.74, 6) is 1.33. The highest BCUT2D eigenvalue weighted by atomic mass is 16.1. The first-order valence-electron chi connectivity index (χ1n) is 11.0. The third-order valence-electron chi connectivity index (χ3n) is 5.96. The molecule has 1 aromatic heterocycles. The summed E-state index contributed by atoms with van der Waals surface area (Å²) in [7, 11) is 0. The zero-order valence-electron chi connectivity index (χ0n) is 18.4. The Morgan fingerprint density at radius 3 is 2.32 bits per heavy atom. The number of nitrogens with zero attached hydrogens (tertiary/aromatic N) is 2. The molecule has 4 heteroatoms. The van der Waals surface area contributed by atoms with Gasteiger partial charge in [-0.25, -0.2) is 4.98 Å². The van der Waals surface area contributed by atoms with Crippen molar-refractivity contribution in [1.29, 1.82) is 0 Å². The lowest BCUT2D eigenvalue weighted by Crippen LogP contribution is -2.28. The molecule has 2 unspecified atom stereocenters. The lowest BCUT2D eigenvalue weighted by atomic mass is 9.97. The zero-order valence-corrected chi connectivity index (χ0v) is 18.4. The first kappa shape index (κ1) is 20.9. The number of rotatable bonds is 7. The summed E-state index contributed by atoms with van der Waals surface area (Å²) in [4.78, 5) is 17.6. The van der Waals surface area contributed by atoms with Crippen molar-refractivity contribution in [1.82, 2.24) is 14.9 Å². The molecule has 3 aromatic carbocycles. The average molecular weight is 412 g/mol. The van der Waals surface area contributed by atoms with Crippen molar-refractivity contribution in [2.75, 3.05) is 0 Å². The van der Waals surface area contributed by atoms with Crippen LogP contribution in [0, 0.1) is 0 Å². The van der Waals surface area contributed by atoms with Gasteiger partial charge in [0.1, 0.15) is 5.82 Å². The summed E-state index contributed by atoms with van der Waals surface area (Å²) in [6.45, 7) is 7.17. The van der Waals surface area contributed by atoms with Crippen molar-refractivity contribution >= 4 is 16.9 Å². The van der Waals surface area contributed by atoms with E-state index in [1.165, 1.54) is 11.1 Å². The Morgan fingerprint density at radius 1 is 0.935 bits per heavy atom. The molecule has 2 atom stereocenters. The predicted molar refractivity (Wildman–Crippen MR) is 126 cm³/mol. The molecule has 158 valence electrons. The predicted octanol–water partition coefficient (Wildman–Crippen LogP) is 6.09. The van der Waals surface area contributed by atoms with E-state index in [4.69, 9.17) is 4.98 Å². The minimum atomic E-state index is -0.223. The smallest absolute Gasteiger partial charge is 0.251 e. The molecule has 0 saturated carbocycles. The molecule has 0 radical (unpaired) electrons. The number of amides is 1. The highest BCUT2D eigenvalue weighted by Crippen LogP contribution is 2.24. The zero-order chi connectivity index (χ0) is 21.8. The van der Waals surface area contributed by atoms with Crippen LogP contribution in [0.4, 0.5) is 0 Å². The molecule has 0 fully saturated rings. The summed E-state index contributed by atoms with van der Waals surface area (Å²) in [6.07, 6.45) is 1.13. The summed E-state index contributed by atoms with van der Waals surface area (Å²) in [5, 5.41) is 3.11. The molecule has 4 aromatic rings. The van der Waals surface area contributed by atoms with Crippen LogP contribution in [0.2, 0.25) is 0 Å². The van der Waals surface area contributed by atoms with E-state index in [0.717, 1.165) is 23.3 Å². The average Bonchev–Trinajstić information content (AvgIpc) is 3.18. The summed E-state index contributed by atoms with van der Waals surface area (Å²) >= 11 is 0. The lowest BCUT2D eigenvalue weighted by Gasteiger charge is -2.17. The second-order valence-electron chi connectivity index (χ2n) is 8.16. The second kappa shape index (κ2) is 9.17. The lowest BCUT2D eigenvalue weighted by molar-refractivity contribution is 0.0938. The van der Waals surface area contributed by atoms with Crippen LogP contribution in [0.1, 0.15) is 66.5 Å². The quantitative estimate of drug-likeness (QED) is 0.400. The minimum Gasteiger partial charge on any atom is -0.342 e. The maximum atomic E-state index is 12.7. The maximum absolute atomic E-state index is 12.7. The van der Waals surface area contributed by atoms with Gasteiger partial charge in [0.25, 0.3) is 5.91 Å². The van der Waals surface area contributed by atoms with Crippen molar-refractivity contribution in [3.05, 3.63) is 101 Å². The fourth-order valence-electron chi connectivity index (χ4n) is 3.89. The molecule has 0 bridgehead atoms. The fraction of sp³-hybridized carbons (Fsp3) is 0.259. The van der Waals surface area contributed by atoms with Crippen LogP contribution in [0.25, 0.3) is 11.0 Å². The molecule has 31 heavy (non-hydrogen) atoms. The topological polar surface area (TPSA) is 46.9 Å². The molecular weight excluding hydrogens is 382 g/mol. The van der Waals surface area contributed by atoms with Crippen molar-refractivity contribution in [3.63, 3.8) is 0 Å². The largest absolute Gasteiger partial charge is 0.342 e. The van der Waals surface area contributed by atoms with Gasteiger partial charge in [0, 0.05) is 12.1 Å². The molecule has 0 aliphatic rings. The van der Waals surface area contributed by atoms with E-state index in [1.807, 2.05) is 55.5 Å². The van der Waals surface area contributed by atoms with Gasteiger partial charge < -0.3 is 9.88 Å². The van der Waals surface area contributed by atoms with Crippen LogP contribution in [0.15, 0.2) is 78.9 Å². The van der Waals surface area contributed by atoms with Crippen molar-refractivity contribution in [2.24, 2.45) is 0 Å². The number of imidazole rings is 1. The number of hydrogen-bond acceptors (Lipinski definition) is 2. The van der Waals surface area contributed by atoms with E-state index >= 15 is 0 Å². The highest BCUT2D eigenvalue weighted by Gasteiger charge is 2.19. The van der Waals surface area contributed by atoms with Gasteiger partial charge in [0.15, 0.2) is 0 Å². The summed E-state index contributed by atoms with van der Waals surface area (Å²) in [6, 6.07) is 26.1. The normalized spacial score (nSPS) is 13.1. The molecule has 1 heterocycles. The number of carbonyl (C=O) groups excluding carboxylic acids is 1. The molecule has 0 aliphatic carbocycles. The fourth-order valence-corrected chi connectivity index (χ4v) is 3.89. The van der Waals surface area contributed by atoms with Gasteiger partial charge in [-0.2, -0.15) is 0 Å². The van der Waals surface area contributed by atoms with E-state index in [-0.39, 0.29) is 11.9 Å². The monoisotopic (exact) mass is 411 g/mol. The highest BCUT2D eigenvalue weighted by molar-refractivity contribution is 5.94. The van der Waals surface area contributed by atoms with E-state index in [0.29, 0.717) is 18.0 Å². The number of aromatic nitrogens is 2. The van der Waals surface area contributed by atoms with Gasteiger partial charge in [-0.1, -0.05) is 68.4 Å². The Hall–Kier alpha value is -3.40. The third-order valence-corrected chi connectivity index (χ3v) is 5.96. The summed E-state index contributed by atoms with van der Waals surface area (Å²) < 4.78 is 2.21. The Labute approximate surface area is 183 Å². The van der Waals surface area contributed by atoms with Gasteiger partial charge in [0.05, 0.1) is 17.1 Å². The number of carbonyl (C=O) groups is 1. The van der Waals surface area contributed by atoms with E-state index in [1.54, 1.807) is 0 Å². The van der Waals surface area contributed by atoms with Gasteiger partial charge in [0.2, 0.25) is 0 Å². The van der Waals surface area contributed by atoms with Crippen LogP contribution in [0.5, 0.6) is 0 Å². The standard InChI is InChI=1S/C27H29N3O/c1-4-19(2)22-16-14-21(15-17-22)18-30-25-13-9-8-12-24(25)29-26(30)20(3)28-27(31)23-10-6-5-7-11-23/h5-17,19-20H,4,18H2,1-3H3,(H,28,31). The number of fused-ring (bicyclic) bond motifs is 1. The SMILES string of the molecule is CCC(C)c1ccc(Cn2c(C(C)NC(=O)c3ccccc3)nc3ccccc32)cc1. The minimum absolute atomic E-state index is 0.0930. The maximum Gasteiger partial charge on any atom is 0.251 e. The van der Waals surface area contributed by atoms with Crippen LogP contribution < -0.4 is 5.32 Å². The molecule has 4 rings (SSSR count). The van der Waals surface area contributed by atoms with Crippen molar-refractivity contribution < 1.29 is 4.79 Å². The molecule has 1 amide bonds. The van der Waals surface area contributed by atoms with Gasteiger partial charge in [-0.3, -0.25) is 4.79 Å². The summed E-state index contributed by atoms with van der Waals surface area (Å²) in [5.41, 5.74) is 5.25. The first-order valence-corrected chi connectivity index (χ1v) is 11.0.